The molecule has 1 aromatic carbocycles. The predicted octanol–water partition coefficient (Wildman–Crippen LogP) is 3.49. The minimum absolute atomic E-state index is 0.155. The zero-order valence-corrected chi connectivity index (χ0v) is 10.8. The molecule has 0 radical (unpaired) electrons. The third-order valence-electron chi connectivity index (χ3n) is 3.59. The topological polar surface area (TPSA) is 20.2 Å². The standard InChI is InChI=1S/C14H19ClO/c1-14(2,9-16)11-7-10-5-3-4-6-12(10)13(15)8-11/h7-8,16H,3-6,9H2,1-2H3. The summed E-state index contributed by atoms with van der Waals surface area (Å²) >= 11 is 6.33. The molecule has 0 amide bonds. The highest BCUT2D eigenvalue weighted by Gasteiger charge is 2.23. The van der Waals surface area contributed by atoms with Crippen LogP contribution in [0.15, 0.2) is 12.1 Å². The van der Waals surface area contributed by atoms with Crippen molar-refractivity contribution in [2.45, 2.75) is 44.9 Å². The normalized spacial score (nSPS) is 16.0. The Bertz CT molecular complexity index is 396. The van der Waals surface area contributed by atoms with Crippen LogP contribution in [0.3, 0.4) is 0 Å². The van der Waals surface area contributed by atoms with Gasteiger partial charge in [-0.15, -0.1) is 0 Å². The van der Waals surface area contributed by atoms with E-state index in [-0.39, 0.29) is 12.0 Å². The third-order valence-corrected chi connectivity index (χ3v) is 3.92. The summed E-state index contributed by atoms with van der Waals surface area (Å²) < 4.78 is 0. The second-order valence-corrected chi connectivity index (χ2v) is 5.75. The van der Waals surface area contributed by atoms with E-state index in [4.69, 9.17) is 11.6 Å². The number of fused-ring (bicyclic) bond motifs is 1. The average Bonchev–Trinajstić information content (AvgIpc) is 2.29. The number of hydrogen-bond acceptors (Lipinski definition) is 1. The minimum Gasteiger partial charge on any atom is -0.395 e. The van der Waals surface area contributed by atoms with Crippen LogP contribution in [0.4, 0.5) is 0 Å². The Kier molecular flexibility index (Phi) is 3.27. The number of aliphatic hydroxyl groups excluding tert-OH is 1. The summed E-state index contributed by atoms with van der Waals surface area (Å²) in [7, 11) is 0. The highest BCUT2D eigenvalue weighted by molar-refractivity contribution is 6.31. The van der Waals surface area contributed by atoms with Crippen molar-refractivity contribution in [2.75, 3.05) is 6.61 Å². The van der Waals surface area contributed by atoms with Crippen LogP contribution < -0.4 is 0 Å². The summed E-state index contributed by atoms with van der Waals surface area (Å²) in [5, 5.41) is 10.3. The first-order chi connectivity index (χ1) is 7.54. The fourth-order valence-corrected chi connectivity index (χ4v) is 2.63. The van der Waals surface area contributed by atoms with Crippen molar-refractivity contribution in [1.29, 1.82) is 0 Å². The molecule has 16 heavy (non-hydrogen) atoms. The van der Waals surface area contributed by atoms with Gasteiger partial charge in [0.15, 0.2) is 0 Å². The van der Waals surface area contributed by atoms with Gasteiger partial charge in [0.2, 0.25) is 0 Å². The number of aryl methyl sites for hydroxylation is 1. The van der Waals surface area contributed by atoms with Crippen molar-refractivity contribution in [3.8, 4) is 0 Å². The number of halogens is 1. The summed E-state index contributed by atoms with van der Waals surface area (Å²) in [6.07, 6.45) is 4.74. The Labute approximate surface area is 102 Å². The van der Waals surface area contributed by atoms with Gasteiger partial charge >= 0.3 is 0 Å². The summed E-state index contributed by atoms with van der Waals surface area (Å²) in [5.41, 5.74) is 3.66. The summed E-state index contributed by atoms with van der Waals surface area (Å²) in [4.78, 5) is 0. The number of rotatable bonds is 2. The van der Waals surface area contributed by atoms with Gasteiger partial charge < -0.3 is 5.11 Å². The molecule has 0 unspecified atom stereocenters. The zero-order valence-electron chi connectivity index (χ0n) is 10.0. The maximum absolute atomic E-state index is 9.40. The first-order valence-corrected chi connectivity index (χ1v) is 6.35. The molecule has 1 aliphatic rings. The lowest BCUT2D eigenvalue weighted by molar-refractivity contribution is 0.218. The smallest absolute Gasteiger partial charge is 0.0522 e. The number of aliphatic hydroxyl groups is 1. The lowest BCUT2D eigenvalue weighted by Gasteiger charge is -2.26. The molecule has 1 aromatic rings. The monoisotopic (exact) mass is 238 g/mol. The van der Waals surface area contributed by atoms with E-state index in [2.05, 4.69) is 6.07 Å². The molecule has 1 N–H and O–H groups in total. The predicted molar refractivity (Wildman–Crippen MR) is 68.2 cm³/mol. The summed E-state index contributed by atoms with van der Waals surface area (Å²) in [6.45, 7) is 4.25. The third kappa shape index (κ3) is 2.11. The molecule has 88 valence electrons. The summed E-state index contributed by atoms with van der Waals surface area (Å²) in [6, 6.07) is 4.26. The SMILES string of the molecule is CC(C)(CO)c1cc(Cl)c2c(c1)CCCC2. The van der Waals surface area contributed by atoms with Crippen LogP contribution >= 0.6 is 11.6 Å². The fourth-order valence-electron chi connectivity index (χ4n) is 2.30. The van der Waals surface area contributed by atoms with Gasteiger partial charge in [0.05, 0.1) is 6.61 Å². The Balaban J connectivity index is 2.47. The van der Waals surface area contributed by atoms with Crippen molar-refractivity contribution >= 4 is 11.6 Å². The van der Waals surface area contributed by atoms with Crippen molar-refractivity contribution in [1.82, 2.24) is 0 Å². The fraction of sp³-hybridized carbons (Fsp3) is 0.571. The lowest BCUT2D eigenvalue weighted by atomic mass is 9.81. The molecule has 1 nitrogen and oxygen atoms in total. The first kappa shape index (κ1) is 11.9. The van der Waals surface area contributed by atoms with Gasteiger partial charge in [-0.05, 0) is 48.4 Å². The Morgan fingerprint density at radius 2 is 1.94 bits per heavy atom. The van der Waals surface area contributed by atoms with E-state index < -0.39 is 0 Å². The molecular formula is C14H19ClO. The largest absolute Gasteiger partial charge is 0.395 e. The molecule has 0 saturated carbocycles. The Hall–Kier alpha value is -0.530. The molecule has 0 bridgehead atoms. The molecule has 2 rings (SSSR count). The van der Waals surface area contributed by atoms with Gasteiger partial charge in [-0.1, -0.05) is 31.5 Å². The van der Waals surface area contributed by atoms with E-state index in [0.29, 0.717) is 0 Å². The first-order valence-electron chi connectivity index (χ1n) is 5.97. The van der Waals surface area contributed by atoms with Gasteiger partial charge in [0.1, 0.15) is 0 Å². The highest BCUT2D eigenvalue weighted by Crippen LogP contribution is 2.33. The molecule has 0 spiro atoms. The minimum atomic E-state index is -0.198. The van der Waals surface area contributed by atoms with Gasteiger partial charge in [0, 0.05) is 10.4 Å². The van der Waals surface area contributed by atoms with E-state index in [1.807, 2.05) is 19.9 Å². The molecule has 0 aromatic heterocycles. The van der Waals surface area contributed by atoms with Crippen LogP contribution in [-0.2, 0) is 18.3 Å². The maximum atomic E-state index is 9.40. The molecule has 0 saturated heterocycles. The van der Waals surface area contributed by atoms with Gasteiger partial charge in [0.25, 0.3) is 0 Å². The van der Waals surface area contributed by atoms with E-state index in [1.165, 1.54) is 24.0 Å². The maximum Gasteiger partial charge on any atom is 0.0522 e. The zero-order chi connectivity index (χ0) is 11.8. The van der Waals surface area contributed by atoms with Crippen LogP contribution in [-0.4, -0.2) is 11.7 Å². The van der Waals surface area contributed by atoms with Crippen LogP contribution in [0.1, 0.15) is 43.4 Å². The van der Waals surface area contributed by atoms with Gasteiger partial charge in [-0.2, -0.15) is 0 Å². The van der Waals surface area contributed by atoms with Crippen LogP contribution in [0.2, 0.25) is 5.02 Å². The van der Waals surface area contributed by atoms with Gasteiger partial charge in [-0.25, -0.2) is 0 Å². The quantitative estimate of drug-likeness (QED) is 0.836. The average molecular weight is 239 g/mol. The molecule has 0 aliphatic heterocycles. The number of benzene rings is 1. The molecule has 1 aliphatic carbocycles. The molecule has 0 heterocycles. The number of hydrogen-bond donors (Lipinski definition) is 1. The Morgan fingerprint density at radius 1 is 1.25 bits per heavy atom. The molecule has 0 fully saturated rings. The molecule has 2 heteroatoms. The highest BCUT2D eigenvalue weighted by atomic mass is 35.5. The van der Waals surface area contributed by atoms with Crippen LogP contribution in [0, 0.1) is 0 Å². The molecular weight excluding hydrogens is 220 g/mol. The van der Waals surface area contributed by atoms with E-state index >= 15 is 0 Å². The molecule has 0 atom stereocenters. The van der Waals surface area contributed by atoms with Crippen LogP contribution in [0.5, 0.6) is 0 Å². The van der Waals surface area contributed by atoms with E-state index in [0.717, 1.165) is 23.4 Å². The second-order valence-electron chi connectivity index (χ2n) is 5.34. The van der Waals surface area contributed by atoms with Gasteiger partial charge in [-0.3, -0.25) is 0 Å². The van der Waals surface area contributed by atoms with E-state index in [1.54, 1.807) is 0 Å². The lowest BCUT2D eigenvalue weighted by Crippen LogP contribution is -2.23. The van der Waals surface area contributed by atoms with Crippen molar-refractivity contribution < 1.29 is 5.11 Å². The van der Waals surface area contributed by atoms with Crippen LogP contribution in [0.25, 0.3) is 0 Å². The second kappa shape index (κ2) is 4.38. The summed E-state index contributed by atoms with van der Waals surface area (Å²) in [5.74, 6) is 0. The Morgan fingerprint density at radius 3 is 2.62 bits per heavy atom. The van der Waals surface area contributed by atoms with Crippen molar-refractivity contribution in [2.24, 2.45) is 0 Å². The van der Waals surface area contributed by atoms with Crippen molar-refractivity contribution in [3.63, 3.8) is 0 Å². The van der Waals surface area contributed by atoms with Crippen molar-refractivity contribution in [3.05, 3.63) is 33.8 Å². The van der Waals surface area contributed by atoms with E-state index in [9.17, 15) is 5.11 Å².